The molecule has 21 heavy (non-hydrogen) atoms. The van der Waals surface area contributed by atoms with Gasteiger partial charge in [-0.05, 0) is 19.4 Å². The molecule has 0 aliphatic carbocycles. The van der Waals surface area contributed by atoms with E-state index in [0.29, 0.717) is 13.0 Å². The maximum absolute atomic E-state index is 13.6. The Morgan fingerprint density at radius 3 is 2.71 bits per heavy atom. The van der Waals surface area contributed by atoms with Crippen LogP contribution in [-0.4, -0.2) is 35.1 Å². The lowest BCUT2D eigenvalue weighted by Gasteiger charge is -2.21. The molecule has 1 aliphatic heterocycles. The second-order valence-corrected chi connectivity index (χ2v) is 5.11. The molecule has 1 saturated heterocycles. The quantitative estimate of drug-likeness (QED) is 0.898. The van der Waals surface area contributed by atoms with Crippen molar-refractivity contribution in [3.05, 3.63) is 35.4 Å². The molecular formula is C14H16F2N2O3. The number of nitrogens with one attached hydrogen (secondary N) is 1. The summed E-state index contributed by atoms with van der Waals surface area (Å²) in [7, 11) is 0. The first kappa shape index (κ1) is 15.2. The Bertz CT molecular complexity index is 565. The van der Waals surface area contributed by atoms with Crippen LogP contribution in [0.25, 0.3) is 0 Å². The summed E-state index contributed by atoms with van der Waals surface area (Å²) in [6.45, 7) is 2.07. The summed E-state index contributed by atoms with van der Waals surface area (Å²) in [5, 5.41) is 11.5. The average Bonchev–Trinajstić information content (AvgIpc) is 2.88. The zero-order valence-corrected chi connectivity index (χ0v) is 11.5. The van der Waals surface area contributed by atoms with E-state index in [1.54, 1.807) is 6.92 Å². The van der Waals surface area contributed by atoms with Gasteiger partial charge in [0.05, 0.1) is 12.0 Å². The molecule has 7 heteroatoms. The standard InChI is InChI=1S/C14H16F2N2O3/c1-8(11-3-2-10(15)6-12(11)16)17-14(21)18-5-4-9(7-18)13(19)20/h2-3,6,8-9H,4-5,7H2,1H3,(H,17,21)(H,19,20)/t8-,9?/m0/s1. The molecule has 1 unspecified atom stereocenters. The molecule has 2 atom stereocenters. The molecule has 1 aromatic carbocycles. The van der Waals surface area contributed by atoms with E-state index >= 15 is 0 Å². The Kier molecular flexibility index (Phi) is 4.40. The fourth-order valence-corrected chi connectivity index (χ4v) is 2.35. The van der Waals surface area contributed by atoms with Crippen LogP contribution in [0, 0.1) is 17.6 Å². The smallest absolute Gasteiger partial charge is 0.317 e. The second kappa shape index (κ2) is 6.07. The molecule has 2 amide bonds. The third kappa shape index (κ3) is 3.48. The minimum atomic E-state index is -0.928. The molecule has 1 aliphatic rings. The Morgan fingerprint density at radius 2 is 2.14 bits per heavy atom. The van der Waals surface area contributed by atoms with E-state index in [0.717, 1.165) is 12.1 Å². The van der Waals surface area contributed by atoms with Gasteiger partial charge < -0.3 is 15.3 Å². The predicted molar refractivity (Wildman–Crippen MR) is 70.6 cm³/mol. The summed E-state index contributed by atoms with van der Waals surface area (Å²) >= 11 is 0. The van der Waals surface area contributed by atoms with E-state index in [4.69, 9.17) is 5.11 Å². The number of aliphatic carboxylic acids is 1. The van der Waals surface area contributed by atoms with Crippen molar-refractivity contribution in [1.29, 1.82) is 0 Å². The number of halogens is 2. The lowest BCUT2D eigenvalue weighted by Crippen LogP contribution is -2.40. The highest BCUT2D eigenvalue weighted by atomic mass is 19.1. The molecule has 0 bridgehead atoms. The van der Waals surface area contributed by atoms with Crippen molar-refractivity contribution in [1.82, 2.24) is 10.2 Å². The number of rotatable bonds is 3. The molecule has 2 N–H and O–H groups in total. The van der Waals surface area contributed by atoms with Crippen LogP contribution in [0.4, 0.5) is 13.6 Å². The number of hydrogen-bond acceptors (Lipinski definition) is 2. The molecule has 2 rings (SSSR count). The number of urea groups is 1. The first-order chi connectivity index (χ1) is 9.88. The molecule has 5 nitrogen and oxygen atoms in total. The van der Waals surface area contributed by atoms with Gasteiger partial charge in [-0.3, -0.25) is 4.79 Å². The van der Waals surface area contributed by atoms with E-state index in [2.05, 4.69) is 5.32 Å². The zero-order chi connectivity index (χ0) is 15.6. The number of nitrogens with zero attached hydrogens (tertiary/aromatic N) is 1. The molecule has 0 saturated carbocycles. The van der Waals surface area contributed by atoms with Gasteiger partial charge in [-0.2, -0.15) is 0 Å². The van der Waals surface area contributed by atoms with Gasteiger partial charge in [0.15, 0.2) is 0 Å². The molecule has 1 aromatic rings. The summed E-state index contributed by atoms with van der Waals surface area (Å²) in [6.07, 6.45) is 0.405. The highest BCUT2D eigenvalue weighted by Crippen LogP contribution is 2.20. The van der Waals surface area contributed by atoms with E-state index in [1.165, 1.54) is 11.0 Å². The van der Waals surface area contributed by atoms with E-state index < -0.39 is 35.6 Å². The van der Waals surface area contributed by atoms with Gasteiger partial charge in [0.1, 0.15) is 11.6 Å². The normalized spacial score (nSPS) is 19.4. The number of carboxylic acids is 1. The van der Waals surface area contributed by atoms with E-state index in [1.807, 2.05) is 0 Å². The average molecular weight is 298 g/mol. The fraction of sp³-hybridized carbons (Fsp3) is 0.429. The highest BCUT2D eigenvalue weighted by Gasteiger charge is 2.31. The monoisotopic (exact) mass is 298 g/mol. The van der Waals surface area contributed by atoms with Gasteiger partial charge in [-0.25, -0.2) is 13.6 Å². The van der Waals surface area contributed by atoms with Crippen molar-refractivity contribution < 1.29 is 23.5 Å². The maximum atomic E-state index is 13.6. The Labute approximate surface area is 120 Å². The van der Waals surface area contributed by atoms with E-state index in [9.17, 15) is 18.4 Å². The van der Waals surface area contributed by atoms with Crippen molar-refractivity contribution in [2.75, 3.05) is 13.1 Å². The topological polar surface area (TPSA) is 69.6 Å². The molecule has 1 fully saturated rings. The van der Waals surface area contributed by atoms with Crippen LogP contribution in [-0.2, 0) is 4.79 Å². The van der Waals surface area contributed by atoms with Crippen LogP contribution in [0.15, 0.2) is 18.2 Å². The second-order valence-electron chi connectivity index (χ2n) is 5.11. The van der Waals surface area contributed by atoms with Crippen molar-refractivity contribution in [2.45, 2.75) is 19.4 Å². The third-order valence-corrected chi connectivity index (χ3v) is 3.59. The number of carbonyl (C=O) groups excluding carboxylic acids is 1. The number of hydrogen-bond donors (Lipinski definition) is 2. The number of amides is 2. The number of carboxylic acid groups (broad SMARTS) is 1. The van der Waals surface area contributed by atoms with Gasteiger partial charge in [-0.15, -0.1) is 0 Å². The zero-order valence-electron chi connectivity index (χ0n) is 11.5. The lowest BCUT2D eigenvalue weighted by molar-refractivity contribution is -0.141. The number of likely N-dealkylation sites (tertiary alicyclic amines) is 1. The first-order valence-corrected chi connectivity index (χ1v) is 6.61. The van der Waals surface area contributed by atoms with Crippen LogP contribution in [0.3, 0.4) is 0 Å². The molecule has 0 spiro atoms. The molecule has 0 radical (unpaired) electrons. The summed E-state index contributed by atoms with van der Waals surface area (Å²) < 4.78 is 26.5. The summed E-state index contributed by atoms with van der Waals surface area (Å²) in [4.78, 5) is 24.2. The van der Waals surface area contributed by atoms with Crippen molar-refractivity contribution in [3.63, 3.8) is 0 Å². The maximum Gasteiger partial charge on any atom is 0.317 e. The van der Waals surface area contributed by atoms with Crippen molar-refractivity contribution in [3.8, 4) is 0 Å². The number of benzene rings is 1. The van der Waals surface area contributed by atoms with Gasteiger partial charge in [0.2, 0.25) is 0 Å². The predicted octanol–water partition coefficient (Wildman–Crippen LogP) is 2.14. The van der Waals surface area contributed by atoms with Gasteiger partial charge in [0.25, 0.3) is 0 Å². The van der Waals surface area contributed by atoms with Crippen molar-refractivity contribution >= 4 is 12.0 Å². The number of carbonyl (C=O) groups is 2. The van der Waals surface area contributed by atoms with Crippen LogP contribution >= 0.6 is 0 Å². The lowest BCUT2D eigenvalue weighted by atomic mass is 10.1. The molecule has 0 aromatic heterocycles. The summed E-state index contributed by atoms with van der Waals surface area (Å²) in [5.74, 6) is -2.90. The Hall–Kier alpha value is -2.18. The molecule has 114 valence electrons. The summed E-state index contributed by atoms with van der Waals surface area (Å²) in [5.41, 5.74) is 0.179. The molecular weight excluding hydrogens is 282 g/mol. The third-order valence-electron chi connectivity index (χ3n) is 3.59. The summed E-state index contributed by atoms with van der Waals surface area (Å²) in [6, 6.07) is 2.07. The van der Waals surface area contributed by atoms with Crippen LogP contribution < -0.4 is 5.32 Å². The fourth-order valence-electron chi connectivity index (χ4n) is 2.35. The minimum absolute atomic E-state index is 0.139. The van der Waals surface area contributed by atoms with Gasteiger partial charge in [0, 0.05) is 24.7 Å². The SMILES string of the molecule is C[C@H](NC(=O)N1CCC(C(=O)O)C1)c1ccc(F)cc1F. The van der Waals surface area contributed by atoms with Gasteiger partial charge >= 0.3 is 12.0 Å². The Balaban J connectivity index is 1.98. The van der Waals surface area contributed by atoms with Crippen LogP contribution in [0.1, 0.15) is 24.9 Å². The molecule has 1 heterocycles. The van der Waals surface area contributed by atoms with Crippen LogP contribution in [0.5, 0.6) is 0 Å². The highest BCUT2D eigenvalue weighted by molar-refractivity contribution is 5.77. The van der Waals surface area contributed by atoms with Crippen molar-refractivity contribution in [2.24, 2.45) is 5.92 Å². The first-order valence-electron chi connectivity index (χ1n) is 6.61. The largest absolute Gasteiger partial charge is 0.481 e. The van der Waals surface area contributed by atoms with Gasteiger partial charge in [-0.1, -0.05) is 6.07 Å². The van der Waals surface area contributed by atoms with Crippen LogP contribution in [0.2, 0.25) is 0 Å². The minimum Gasteiger partial charge on any atom is -0.481 e. The van der Waals surface area contributed by atoms with E-state index in [-0.39, 0.29) is 12.1 Å². The Morgan fingerprint density at radius 1 is 1.43 bits per heavy atom.